The zero-order valence-corrected chi connectivity index (χ0v) is 15.6. The Bertz CT molecular complexity index is 396. The van der Waals surface area contributed by atoms with Crippen LogP contribution in [-0.2, 0) is 4.74 Å². The molecule has 0 aromatic carbocycles. The molecule has 1 aliphatic heterocycles. The molecule has 1 heterocycles. The molecule has 1 saturated carbocycles. The van der Waals surface area contributed by atoms with Crippen molar-refractivity contribution in [1.82, 2.24) is 15.5 Å². The lowest BCUT2D eigenvalue weighted by Crippen LogP contribution is -2.56. The van der Waals surface area contributed by atoms with Crippen LogP contribution in [-0.4, -0.2) is 62.3 Å². The van der Waals surface area contributed by atoms with E-state index >= 15 is 0 Å². The van der Waals surface area contributed by atoms with Crippen molar-refractivity contribution in [3.8, 4) is 0 Å². The number of rotatable bonds is 7. The lowest BCUT2D eigenvalue weighted by molar-refractivity contribution is -0.0333. The molecule has 2 N–H and O–H groups in total. The summed E-state index contributed by atoms with van der Waals surface area (Å²) in [5, 5.41) is 6.85. The van der Waals surface area contributed by atoms with Crippen LogP contribution < -0.4 is 10.6 Å². The van der Waals surface area contributed by atoms with Crippen LogP contribution in [0.1, 0.15) is 52.4 Å². The minimum Gasteiger partial charge on any atom is -0.379 e. The second kappa shape index (κ2) is 10.7. The van der Waals surface area contributed by atoms with Crippen LogP contribution >= 0.6 is 0 Å². The number of nitrogens with zero attached hydrogens (tertiary/aromatic N) is 2. The molecule has 0 aromatic heterocycles. The van der Waals surface area contributed by atoms with Gasteiger partial charge < -0.3 is 15.4 Å². The minimum atomic E-state index is 0.244. The maximum Gasteiger partial charge on any atom is 0.191 e. The first-order valence-corrected chi connectivity index (χ1v) is 9.77. The van der Waals surface area contributed by atoms with Crippen molar-refractivity contribution in [2.45, 2.75) is 57.9 Å². The molecule has 0 atom stereocenters. The Hall–Kier alpha value is -1.07. The normalized spacial score (nSPS) is 22.7. The standard InChI is InChI=1S/C19H36N4O/c1-3-5-9-12-21-18(20-4-2)22-17-19(10-7-6-8-11-19)23-13-15-24-16-14-23/h3,5H,4,6-17H2,1-2H3,(H2,20,21,22)/b5-3+. The molecular formula is C19H36N4O. The third kappa shape index (κ3) is 5.78. The highest BCUT2D eigenvalue weighted by atomic mass is 16.5. The molecule has 0 unspecified atom stereocenters. The second-order valence-corrected chi connectivity index (χ2v) is 6.86. The molecule has 2 fully saturated rings. The summed E-state index contributed by atoms with van der Waals surface area (Å²) in [4.78, 5) is 7.63. The quantitative estimate of drug-likeness (QED) is 0.325. The van der Waals surface area contributed by atoms with Crippen molar-refractivity contribution in [2.24, 2.45) is 4.99 Å². The average Bonchev–Trinajstić information content (AvgIpc) is 2.64. The lowest BCUT2D eigenvalue weighted by atomic mass is 9.80. The molecule has 0 bridgehead atoms. The Kier molecular flexibility index (Phi) is 8.60. The van der Waals surface area contributed by atoms with Gasteiger partial charge in [-0.05, 0) is 33.1 Å². The van der Waals surface area contributed by atoms with Gasteiger partial charge in [0, 0.05) is 31.7 Å². The van der Waals surface area contributed by atoms with Gasteiger partial charge in [0.1, 0.15) is 0 Å². The fourth-order valence-corrected chi connectivity index (χ4v) is 3.83. The van der Waals surface area contributed by atoms with E-state index in [2.05, 4.69) is 41.5 Å². The zero-order chi connectivity index (χ0) is 17.1. The SMILES string of the molecule is C/C=C/CCNC(=NCC1(N2CCOCC2)CCCCC1)NCC. The van der Waals surface area contributed by atoms with Gasteiger partial charge in [0.15, 0.2) is 5.96 Å². The van der Waals surface area contributed by atoms with Crippen molar-refractivity contribution in [3.63, 3.8) is 0 Å². The van der Waals surface area contributed by atoms with Gasteiger partial charge in [0.25, 0.3) is 0 Å². The molecule has 1 saturated heterocycles. The number of guanidine groups is 1. The van der Waals surface area contributed by atoms with E-state index in [0.717, 1.165) is 58.3 Å². The summed E-state index contributed by atoms with van der Waals surface area (Å²) in [6, 6.07) is 0. The summed E-state index contributed by atoms with van der Waals surface area (Å²) in [6.45, 7) is 10.8. The molecule has 1 aliphatic carbocycles. The van der Waals surface area contributed by atoms with E-state index in [9.17, 15) is 0 Å². The van der Waals surface area contributed by atoms with Crippen molar-refractivity contribution in [2.75, 3.05) is 45.9 Å². The van der Waals surface area contributed by atoms with Crippen molar-refractivity contribution >= 4 is 5.96 Å². The van der Waals surface area contributed by atoms with Crippen LogP contribution in [0.25, 0.3) is 0 Å². The minimum absolute atomic E-state index is 0.244. The van der Waals surface area contributed by atoms with E-state index in [1.165, 1.54) is 32.1 Å². The first-order valence-electron chi connectivity index (χ1n) is 9.77. The Morgan fingerprint density at radius 1 is 1.17 bits per heavy atom. The fourth-order valence-electron chi connectivity index (χ4n) is 3.83. The number of nitrogens with one attached hydrogen (secondary N) is 2. The maximum atomic E-state index is 5.57. The number of ether oxygens (including phenoxy) is 1. The molecule has 0 radical (unpaired) electrons. The van der Waals surface area contributed by atoms with Crippen molar-refractivity contribution in [3.05, 3.63) is 12.2 Å². The molecular weight excluding hydrogens is 300 g/mol. The second-order valence-electron chi connectivity index (χ2n) is 6.86. The molecule has 24 heavy (non-hydrogen) atoms. The molecule has 0 amide bonds. The average molecular weight is 337 g/mol. The summed E-state index contributed by atoms with van der Waals surface area (Å²) >= 11 is 0. The van der Waals surface area contributed by atoms with E-state index < -0.39 is 0 Å². The summed E-state index contributed by atoms with van der Waals surface area (Å²) in [5.41, 5.74) is 0.244. The third-order valence-electron chi connectivity index (χ3n) is 5.18. The highest BCUT2D eigenvalue weighted by molar-refractivity contribution is 5.79. The van der Waals surface area contributed by atoms with E-state index in [0.29, 0.717) is 0 Å². The number of hydrogen-bond donors (Lipinski definition) is 2. The molecule has 2 aliphatic rings. The number of hydrogen-bond acceptors (Lipinski definition) is 3. The van der Waals surface area contributed by atoms with Gasteiger partial charge in [0.2, 0.25) is 0 Å². The van der Waals surface area contributed by atoms with E-state index in [1.807, 2.05) is 0 Å². The lowest BCUT2D eigenvalue weighted by Gasteiger charge is -2.47. The fraction of sp³-hybridized carbons (Fsp3) is 0.842. The molecule has 0 spiro atoms. The first kappa shape index (κ1) is 19.3. The summed E-state index contributed by atoms with van der Waals surface area (Å²) in [6.07, 6.45) is 11.9. The van der Waals surface area contributed by atoms with Gasteiger partial charge in [0.05, 0.1) is 19.8 Å². The predicted octanol–water partition coefficient (Wildman–Crippen LogP) is 2.54. The molecule has 2 rings (SSSR count). The highest BCUT2D eigenvalue weighted by Gasteiger charge is 2.38. The van der Waals surface area contributed by atoms with Gasteiger partial charge in [-0.3, -0.25) is 9.89 Å². The Labute approximate surface area is 147 Å². The Morgan fingerprint density at radius 2 is 1.92 bits per heavy atom. The van der Waals surface area contributed by atoms with Crippen LogP contribution in [0.3, 0.4) is 0 Å². The van der Waals surface area contributed by atoms with E-state index in [4.69, 9.17) is 9.73 Å². The van der Waals surface area contributed by atoms with Gasteiger partial charge in [-0.1, -0.05) is 31.4 Å². The molecule has 5 heteroatoms. The largest absolute Gasteiger partial charge is 0.379 e. The monoisotopic (exact) mass is 336 g/mol. The van der Waals surface area contributed by atoms with E-state index in [-0.39, 0.29) is 5.54 Å². The van der Waals surface area contributed by atoms with Crippen molar-refractivity contribution < 1.29 is 4.74 Å². The Balaban J connectivity index is 1.99. The molecule has 138 valence electrons. The van der Waals surface area contributed by atoms with E-state index in [1.54, 1.807) is 0 Å². The summed E-state index contributed by atoms with van der Waals surface area (Å²) in [5.74, 6) is 0.959. The Morgan fingerprint density at radius 3 is 2.58 bits per heavy atom. The highest BCUT2D eigenvalue weighted by Crippen LogP contribution is 2.34. The van der Waals surface area contributed by atoms with Crippen LogP contribution in [0.5, 0.6) is 0 Å². The topological polar surface area (TPSA) is 48.9 Å². The molecule has 0 aromatic rings. The predicted molar refractivity (Wildman–Crippen MR) is 102 cm³/mol. The third-order valence-corrected chi connectivity index (χ3v) is 5.18. The summed E-state index contributed by atoms with van der Waals surface area (Å²) < 4.78 is 5.57. The number of aliphatic imine (C=N–C) groups is 1. The van der Waals surface area contributed by atoms with Gasteiger partial charge in [-0.2, -0.15) is 0 Å². The number of morpholine rings is 1. The zero-order valence-electron chi connectivity index (χ0n) is 15.6. The molecule has 5 nitrogen and oxygen atoms in total. The van der Waals surface area contributed by atoms with Crippen molar-refractivity contribution in [1.29, 1.82) is 0 Å². The van der Waals surface area contributed by atoms with Gasteiger partial charge in [-0.25, -0.2) is 0 Å². The van der Waals surface area contributed by atoms with Gasteiger partial charge >= 0.3 is 0 Å². The van der Waals surface area contributed by atoms with Gasteiger partial charge in [-0.15, -0.1) is 0 Å². The number of allylic oxidation sites excluding steroid dienone is 1. The summed E-state index contributed by atoms with van der Waals surface area (Å²) in [7, 11) is 0. The van der Waals surface area contributed by atoms with Crippen LogP contribution in [0, 0.1) is 0 Å². The van der Waals surface area contributed by atoms with Crippen LogP contribution in [0.15, 0.2) is 17.1 Å². The smallest absolute Gasteiger partial charge is 0.191 e. The maximum absolute atomic E-state index is 5.57. The van der Waals surface area contributed by atoms with Crippen LogP contribution in [0.2, 0.25) is 0 Å². The van der Waals surface area contributed by atoms with Crippen LogP contribution in [0.4, 0.5) is 0 Å². The first-order chi connectivity index (χ1) is 11.8.